The van der Waals surface area contributed by atoms with Crippen LogP contribution >= 0.6 is 0 Å². The molecule has 0 aliphatic carbocycles. The van der Waals surface area contributed by atoms with Crippen molar-refractivity contribution < 1.29 is 19.1 Å². The Morgan fingerprint density at radius 2 is 1.81 bits per heavy atom. The van der Waals surface area contributed by atoms with Gasteiger partial charge in [-0.05, 0) is 36.1 Å². The highest BCUT2D eigenvalue weighted by atomic mass is 16.5. The lowest BCUT2D eigenvalue weighted by Gasteiger charge is -2.36. The molecule has 7 nitrogen and oxygen atoms in total. The molecule has 0 spiro atoms. The van der Waals surface area contributed by atoms with Gasteiger partial charge < -0.3 is 19.9 Å². The first-order valence-electron chi connectivity index (χ1n) is 9.46. The maximum absolute atomic E-state index is 12.9. The number of nitrogens with zero attached hydrogens (tertiary/aromatic N) is 2. The van der Waals surface area contributed by atoms with Crippen molar-refractivity contribution in [3.8, 4) is 5.75 Å². The van der Waals surface area contributed by atoms with Gasteiger partial charge in [0, 0.05) is 38.2 Å². The van der Waals surface area contributed by atoms with E-state index in [4.69, 9.17) is 4.74 Å². The van der Waals surface area contributed by atoms with Crippen LogP contribution < -0.4 is 10.1 Å². The van der Waals surface area contributed by atoms with Crippen LogP contribution in [0.1, 0.15) is 48.5 Å². The number of methoxy groups -OCH3 is 1. The van der Waals surface area contributed by atoms with E-state index in [2.05, 4.69) is 19.2 Å². The topological polar surface area (TPSA) is 79.0 Å². The zero-order valence-corrected chi connectivity index (χ0v) is 16.2. The molecular weight excluding hydrogens is 346 g/mol. The maximum Gasteiger partial charge on any atom is 0.253 e. The minimum atomic E-state index is -0.407. The van der Waals surface area contributed by atoms with Gasteiger partial charge in [0.25, 0.3) is 5.91 Å². The van der Waals surface area contributed by atoms with E-state index in [1.807, 2.05) is 12.1 Å². The molecule has 0 aromatic heterocycles. The van der Waals surface area contributed by atoms with Gasteiger partial charge in [0.2, 0.25) is 11.8 Å². The Morgan fingerprint density at radius 1 is 1.15 bits per heavy atom. The average Bonchev–Trinajstić information content (AvgIpc) is 3.12. The Bertz CT molecular complexity index is 739. The summed E-state index contributed by atoms with van der Waals surface area (Å²) in [6.45, 7) is 6.10. The first kappa shape index (κ1) is 19.2. The lowest BCUT2D eigenvalue weighted by atomic mass is 9.99. The van der Waals surface area contributed by atoms with Crippen molar-refractivity contribution in [1.29, 1.82) is 0 Å². The van der Waals surface area contributed by atoms with Gasteiger partial charge in [-0.3, -0.25) is 14.4 Å². The first-order chi connectivity index (χ1) is 12.9. The number of amides is 3. The summed E-state index contributed by atoms with van der Waals surface area (Å²) in [4.78, 5) is 40.2. The second-order valence-electron chi connectivity index (χ2n) is 7.39. The highest BCUT2D eigenvalue weighted by molar-refractivity contribution is 5.95. The number of benzene rings is 1. The summed E-state index contributed by atoms with van der Waals surface area (Å²) < 4.78 is 5.38. The molecule has 27 heavy (non-hydrogen) atoms. The summed E-state index contributed by atoms with van der Waals surface area (Å²) in [5.41, 5.74) is 1.65. The molecule has 1 aromatic rings. The fourth-order valence-corrected chi connectivity index (χ4v) is 3.65. The third-order valence-electron chi connectivity index (χ3n) is 5.27. The van der Waals surface area contributed by atoms with Gasteiger partial charge in [-0.2, -0.15) is 0 Å². The van der Waals surface area contributed by atoms with Crippen molar-refractivity contribution >= 4 is 17.7 Å². The highest BCUT2D eigenvalue weighted by Gasteiger charge is 2.33. The highest BCUT2D eigenvalue weighted by Crippen LogP contribution is 2.28. The Morgan fingerprint density at radius 3 is 2.37 bits per heavy atom. The van der Waals surface area contributed by atoms with E-state index in [0.717, 1.165) is 11.3 Å². The van der Waals surface area contributed by atoms with E-state index in [1.54, 1.807) is 23.0 Å². The first-order valence-corrected chi connectivity index (χ1v) is 9.46. The van der Waals surface area contributed by atoms with E-state index < -0.39 is 6.04 Å². The van der Waals surface area contributed by atoms with Crippen LogP contribution in [0.3, 0.4) is 0 Å². The van der Waals surface area contributed by atoms with Crippen LogP contribution in [0.15, 0.2) is 18.2 Å². The number of carbonyl (C=O) groups is 3. The molecule has 2 fully saturated rings. The Labute approximate surface area is 159 Å². The Hall–Kier alpha value is -2.57. The van der Waals surface area contributed by atoms with Crippen LogP contribution in [0.4, 0.5) is 0 Å². The van der Waals surface area contributed by atoms with Crippen LogP contribution in [0.25, 0.3) is 0 Å². The van der Waals surface area contributed by atoms with Crippen LogP contribution in [0.2, 0.25) is 0 Å². The Balaban J connectivity index is 1.62. The SMILES string of the molecule is COc1ccc(C(=O)N2CCN(C(=O)C3CCC(=O)N3)CC2)cc1C(C)C. The monoisotopic (exact) mass is 373 g/mol. The molecule has 2 aliphatic rings. The predicted molar refractivity (Wildman–Crippen MR) is 101 cm³/mol. The van der Waals surface area contributed by atoms with E-state index in [1.165, 1.54) is 0 Å². The number of nitrogens with one attached hydrogen (secondary N) is 1. The summed E-state index contributed by atoms with van der Waals surface area (Å²) >= 11 is 0. The van der Waals surface area contributed by atoms with Crippen LogP contribution in [-0.2, 0) is 9.59 Å². The smallest absolute Gasteiger partial charge is 0.253 e. The summed E-state index contributed by atoms with van der Waals surface area (Å²) in [7, 11) is 1.63. The zero-order valence-electron chi connectivity index (χ0n) is 16.2. The molecule has 0 radical (unpaired) electrons. The molecule has 3 amide bonds. The van der Waals surface area contributed by atoms with Crippen molar-refractivity contribution in [1.82, 2.24) is 15.1 Å². The lowest BCUT2D eigenvalue weighted by Crippen LogP contribution is -2.54. The normalized spacial score (nSPS) is 20.0. The molecule has 2 aliphatic heterocycles. The van der Waals surface area contributed by atoms with Crippen molar-refractivity contribution in [2.75, 3.05) is 33.3 Å². The maximum atomic E-state index is 12.9. The van der Waals surface area contributed by atoms with Gasteiger partial charge in [0.05, 0.1) is 7.11 Å². The van der Waals surface area contributed by atoms with Gasteiger partial charge in [-0.25, -0.2) is 0 Å². The minimum Gasteiger partial charge on any atom is -0.496 e. The summed E-state index contributed by atoms with van der Waals surface area (Å²) in [5.74, 6) is 0.905. The lowest BCUT2D eigenvalue weighted by molar-refractivity contribution is -0.135. The molecule has 1 unspecified atom stereocenters. The molecule has 2 saturated heterocycles. The fourth-order valence-electron chi connectivity index (χ4n) is 3.65. The van der Waals surface area contributed by atoms with Gasteiger partial charge in [-0.1, -0.05) is 13.8 Å². The number of piperazine rings is 1. The van der Waals surface area contributed by atoms with E-state index in [-0.39, 0.29) is 23.6 Å². The number of ether oxygens (including phenoxy) is 1. The van der Waals surface area contributed by atoms with Gasteiger partial charge >= 0.3 is 0 Å². The van der Waals surface area contributed by atoms with Crippen LogP contribution in [0, 0.1) is 0 Å². The van der Waals surface area contributed by atoms with E-state index in [9.17, 15) is 14.4 Å². The number of rotatable bonds is 4. The number of hydrogen-bond donors (Lipinski definition) is 1. The predicted octanol–water partition coefficient (Wildman–Crippen LogP) is 1.38. The Kier molecular flexibility index (Phi) is 5.68. The third-order valence-corrected chi connectivity index (χ3v) is 5.27. The third kappa shape index (κ3) is 4.07. The number of hydrogen-bond acceptors (Lipinski definition) is 4. The number of carbonyl (C=O) groups excluding carboxylic acids is 3. The van der Waals surface area contributed by atoms with Gasteiger partial charge in [0.15, 0.2) is 0 Å². The minimum absolute atomic E-state index is 0.0270. The van der Waals surface area contributed by atoms with Crippen LogP contribution in [-0.4, -0.2) is 66.9 Å². The molecule has 2 heterocycles. The van der Waals surface area contributed by atoms with Crippen molar-refractivity contribution in [2.45, 2.75) is 38.6 Å². The van der Waals surface area contributed by atoms with Gasteiger partial charge in [0.1, 0.15) is 11.8 Å². The largest absolute Gasteiger partial charge is 0.496 e. The molecule has 0 bridgehead atoms. The summed E-state index contributed by atoms with van der Waals surface area (Å²) in [6, 6.07) is 5.12. The molecule has 3 rings (SSSR count). The second kappa shape index (κ2) is 7.98. The molecule has 1 aromatic carbocycles. The van der Waals surface area contributed by atoms with E-state index >= 15 is 0 Å². The molecule has 1 atom stereocenters. The van der Waals surface area contributed by atoms with Crippen molar-refractivity contribution in [2.24, 2.45) is 0 Å². The quantitative estimate of drug-likeness (QED) is 0.865. The summed E-state index contributed by atoms with van der Waals surface area (Å²) in [6.07, 6.45) is 0.963. The molecule has 7 heteroatoms. The average molecular weight is 373 g/mol. The van der Waals surface area contributed by atoms with Crippen LogP contribution in [0.5, 0.6) is 5.75 Å². The molecule has 1 N–H and O–H groups in total. The van der Waals surface area contributed by atoms with E-state index in [0.29, 0.717) is 44.6 Å². The van der Waals surface area contributed by atoms with Crippen molar-refractivity contribution in [3.05, 3.63) is 29.3 Å². The standard InChI is InChI=1S/C20H27N3O4/c1-13(2)15-12-14(4-6-17(15)27-3)19(25)22-8-10-23(11-9-22)20(26)16-5-7-18(24)21-16/h4,6,12-13,16H,5,7-11H2,1-3H3,(H,21,24). The fraction of sp³-hybridized carbons (Fsp3) is 0.550. The molecule has 146 valence electrons. The zero-order chi connectivity index (χ0) is 19.6. The van der Waals surface area contributed by atoms with Gasteiger partial charge in [-0.15, -0.1) is 0 Å². The molecular formula is C20H27N3O4. The van der Waals surface area contributed by atoms with Crippen molar-refractivity contribution in [3.63, 3.8) is 0 Å². The second-order valence-corrected chi connectivity index (χ2v) is 7.39. The molecule has 0 saturated carbocycles. The summed E-state index contributed by atoms with van der Waals surface area (Å²) in [5, 5.41) is 2.72.